The number of fused-ring (bicyclic) bond motifs is 1. The Morgan fingerprint density at radius 1 is 0.885 bits per heavy atom. The second-order valence-corrected chi connectivity index (χ2v) is 13.6. The van der Waals surface area contributed by atoms with Crippen LogP contribution in [0.15, 0.2) is 71.8 Å². The lowest BCUT2D eigenvalue weighted by Crippen LogP contribution is -2.36. The van der Waals surface area contributed by atoms with Crippen molar-refractivity contribution >= 4 is 29.1 Å². The van der Waals surface area contributed by atoms with Crippen LogP contribution >= 0.6 is 11.6 Å². The number of methoxy groups -OCH3 is 1. The van der Waals surface area contributed by atoms with Crippen molar-refractivity contribution in [2.24, 2.45) is 0 Å². The van der Waals surface area contributed by atoms with Crippen LogP contribution in [0.2, 0.25) is 5.02 Å². The lowest BCUT2D eigenvalue weighted by Gasteiger charge is -2.17. The van der Waals surface area contributed by atoms with Gasteiger partial charge in [0.15, 0.2) is 0 Å². The highest BCUT2D eigenvalue weighted by atomic mass is 35.5. The molecular weight excluding hydrogens is 685 g/mol. The Hall–Kier alpha value is -5.17. The maximum atomic E-state index is 15.3. The first kappa shape index (κ1) is 35.2. The fourth-order valence-electron chi connectivity index (χ4n) is 6.97. The molecule has 0 aliphatic carbocycles. The van der Waals surface area contributed by atoms with E-state index in [-0.39, 0.29) is 29.5 Å². The molecule has 2 atom stereocenters. The predicted octanol–water partition coefficient (Wildman–Crippen LogP) is 4.94. The summed E-state index contributed by atoms with van der Waals surface area (Å²) >= 11 is 7.05. The highest BCUT2D eigenvalue weighted by molar-refractivity contribution is 6.36. The minimum atomic E-state index is -0.461. The zero-order chi connectivity index (χ0) is 36.4. The van der Waals surface area contributed by atoms with Crippen LogP contribution in [0.1, 0.15) is 42.4 Å². The highest BCUT2D eigenvalue weighted by Crippen LogP contribution is 2.41. The Kier molecular flexibility index (Phi) is 10.3. The number of hydrogen-bond donors (Lipinski definition) is 4. The molecule has 2 aliphatic rings. The zero-order valence-corrected chi connectivity index (χ0v) is 29.6. The Labute approximate surface area is 305 Å². The molecule has 2 amide bonds. The Morgan fingerprint density at radius 2 is 1.56 bits per heavy atom. The number of carbonyl (C=O) groups is 2. The molecule has 2 saturated heterocycles. The van der Waals surface area contributed by atoms with Gasteiger partial charge >= 0.3 is 0 Å². The monoisotopic (exact) mass is 723 g/mol. The SMILES string of the molecule is COc1nc(-c2cc(F)cc(-c3cccc(-c4ccn5c(=O)c(CNC[C@H]6CCC(=O)N6)cnc5c4)c3C)c2Cl)ccc1CNC[C@@H]1CCC(=O)N1. The quantitative estimate of drug-likeness (QED) is 0.142. The van der Waals surface area contributed by atoms with Crippen LogP contribution in [0.4, 0.5) is 4.39 Å². The van der Waals surface area contributed by atoms with Crippen LogP contribution in [-0.2, 0) is 22.7 Å². The van der Waals surface area contributed by atoms with Gasteiger partial charge in [-0.3, -0.25) is 18.8 Å². The van der Waals surface area contributed by atoms with E-state index in [4.69, 9.17) is 21.3 Å². The van der Waals surface area contributed by atoms with Crippen molar-refractivity contribution in [2.75, 3.05) is 20.2 Å². The average molecular weight is 724 g/mol. The van der Waals surface area contributed by atoms with Gasteiger partial charge in [-0.2, -0.15) is 0 Å². The molecule has 11 nitrogen and oxygen atoms in total. The third kappa shape index (κ3) is 7.41. The van der Waals surface area contributed by atoms with Gasteiger partial charge in [-0.1, -0.05) is 35.9 Å². The number of hydrogen-bond acceptors (Lipinski definition) is 8. The summed E-state index contributed by atoms with van der Waals surface area (Å²) in [6.45, 7) is 3.99. The number of nitrogens with one attached hydrogen (secondary N) is 4. The topological polar surface area (TPSA) is 139 Å². The first-order valence-corrected chi connectivity index (χ1v) is 17.7. The van der Waals surface area contributed by atoms with Crippen molar-refractivity contribution < 1.29 is 18.7 Å². The van der Waals surface area contributed by atoms with Gasteiger partial charge in [0.25, 0.3) is 5.56 Å². The summed E-state index contributed by atoms with van der Waals surface area (Å²) in [7, 11) is 1.54. The Morgan fingerprint density at radius 3 is 2.23 bits per heavy atom. The van der Waals surface area contributed by atoms with E-state index >= 15 is 4.39 Å². The lowest BCUT2D eigenvalue weighted by atomic mass is 9.92. The minimum absolute atomic E-state index is 0.0536. The van der Waals surface area contributed by atoms with Crippen LogP contribution in [0.25, 0.3) is 39.2 Å². The maximum Gasteiger partial charge on any atom is 0.262 e. The van der Waals surface area contributed by atoms with Crippen LogP contribution in [0.5, 0.6) is 5.88 Å². The number of benzene rings is 2. The van der Waals surface area contributed by atoms with Gasteiger partial charge < -0.3 is 26.0 Å². The van der Waals surface area contributed by atoms with Gasteiger partial charge in [-0.25, -0.2) is 14.4 Å². The van der Waals surface area contributed by atoms with Crippen LogP contribution in [0, 0.1) is 12.7 Å². The molecule has 5 aromatic rings. The second kappa shape index (κ2) is 15.2. The Balaban J connectivity index is 1.12. The molecule has 13 heteroatoms. The van der Waals surface area contributed by atoms with Crippen molar-refractivity contribution in [3.63, 3.8) is 0 Å². The van der Waals surface area contributed by atoms with Crippen molar-refractivity contribution in [3.05, 3.63) is 105 Å². The number of amides is 2. The van der Waals surface area contributed by atoms with E-state index in [1.54, 1.807) is 18.5 Å². The van der Waals surface area contributed by atoms with E-state index in [0.717, 1.165) is 40.7 Å². The van der Waals surface area contributed by atoms with E-state index < -0.39 is 5.82 Å². The first-order valence-electron chi connectivity index (χ1n) is 17.3. The number of rotatable bonds is 12. The minimum Gasteiger partial charge on any atom is -0.481 e. The molecule has 0 bridgehead atoms. The summed E-state index contributed by atoms with van der Waals surface area (Å²) in [6, 6.07) is 16.1. The van der Waals surface area contributed by atoms with Gasteiger partial charge in [0.2, 0.25) is 17.7 Å². The molecule has 52 heavy (non-hydrogen) atoms. The smallest absolute Gasteiger partial charge is 0.262 e. The molecule has 0 spiro atoms. The summed E-state index contributed by atoms with van der Waals surface area (Å²) < 4.78 is 22.5. The third-order valence-corrected chi connectivity index (χ3v) is 10.2. The maximum absolute atomic E-state index is 15.3. The fourth-order valence-corrected chi connectivity index (χ4v) is 7.27. The van der Waals surface area contributed by atoms with E-state index in [0.29, 0.717) is 78.0 Å². The number of aromatic nitrogens is 3. The molecule has 268 valence electrons. The lowest BCUT2D eigenvalue weighted by molar-refractivity contribution is -0.120. The number of pyridine rings is 2. The molecule has 3 aromatic heterocycles. The van der Waals surface area contributed by atoms with Gasteiger partial charge in [-0.15, -0.1) is 0 Å². The Bertz CT molecular complexity index is 2240. The predicted molar refractivity (Wildman–Crippen MR) is 198 cm³/mol. The highest BCUT2D eigenvalue weighted by Gasteiger charge is 2.22. The van der Waals surface area contributed by atoms with Gasteiger partial charge in [0, 0.05) is 85.8 Å². The molecule has 2 fully saturated rings. The molecule has 0 radical (unpaired) electrons. The number of halogens is 2. The van der Waals surface area contributed by atoms with Gasteiger partial charge in [-0.05, 0) is 72.4 Å². The van der Waals surface area contributed by atoms with Crippen molar-refractivity contribution in [2.45, 2.75) is 57.8 Å². The third-order valence-electron chi connectivity index (χ3n) is 9.74. The molecule has 4 N–H and O–H groups in total. The molecule has 0 saturated carbocycles. The van der Waals surface area contributed by atoms with Gasteiger partial charge in [0.05, 0.1) is 17.8 Å². The summed E-state index contributed by atoms with van der Waals surface area (Å²) in [5.74, 6) is 0.0575. The number of carbonyl (C=O) groups excluding carboxylic acids is 2. The summed E-state index contributed by atoms with van der Waals surface area (Å²) in [4.78, 5) is 45.5. The summed E-state index contributed by atoms with van der Waals surface area (Å²) in [6.07, 6.45) is 5.95. The molecular formula is C39H39ClFN7O4. The standard InChI is InChI=1S/C39H39ClFN7O4/c1-22-29(23-12-13-48-34(14-23)44-19-25(39(48)51)18-43-21-28-8-11-36(50)46-28)4-3-5-30(22)31-15-26(41)16-32(37(31)40)33-9-6-24(38(47-33)52-2)17-42-20-27-7-10-35(49)45-27/h3-6,9,12-16,19,27-28,42-43H,7-8,10-11,17-18,20-21H2,1-2H3,(H,45,49)(H,46,50)/t27-,28+/m0/s1. The average Bonchev–Trinajstić information content (AvgIpc) is 3.76. The van der Waals surface area contributed by atoms with E-state index in [1.165, 1.54) is 23.6 Å². The van der Waals surface area contributed by atoms with E-state index in [9.17, 15) is 14.4 Å². The first-order chi connectivity index (χ1) is 25.2. The zero-order valence-electron chi connectivity index (χ0n) is 28.9. The molecule has 7 rings (SSSR count). The molecule has 5 heterocycles. The number of nitrogens with zero attached hydrogens (tertiary/aromatic N) is 3. The number of ether oxygens (including phenoxy) is 1. The molecule has 2 aromatic carbocycles. The summed E-state index contributed by atoms with van der Waals surface area (Å²) in [5, 5.41) is 12.8. The van der Waals surface area contributed by atoms with Crippen molar-refractivity contribution in [1.29, 1.82) is 0 Å². The largest absolute Gasteiger partial charge is 0.481 e. The van der Waals surface area contributed by atoms with Gasteiger partial charge in [0.1, 0.15) is 11.5 Å². The van der Waals surface area contributed by atoms with Crippen molar-refractivity contribution in [3.8, 4) is 39.4 Å². The van der Waals surface area contributed by atoms with Crippen LogP contribution in [0.3, 0.4) is 0 Å². The normalized spacial score (nSPS) is 17.1. The summed E-state index contributed by atoms with van der Waals surface area (Å²) in [5.41, 5.74) is 6.44. The van der Waals surface area contributed by atoms with Crippen molar-refractivity contribution in [1.82, 2.24) is 35.6 Å². The molecule has 2 aliphatic heterocycles. The van der Waals surface area contributed by atoms with E-state index in [1.807, 2.05) is 43.3 Å². The van der Waals surface area contributed by atoms with E-state index in [2.05, 4.69) is 26.3 Å². The van der Waals surface area contributed by atoms with Crippen LogP contribution in [-0.4, -0.2) is 58.5 Å². The second-order valence-electron chi connectivity index (χ2n) is 13.3. The fraction of sp³-hybridized carbons (Fsp3) is 0.308. The van der Waals surface area contributed by atoms with Crippen LogP contribution < -0.4 is 31.6 Å². The molecule has 0 unspecified atom stereocenters.